The molecule has 0 bridgehead atoms. The van der Waals surface area contributed by atoms with Gasteiger partial charge in [0.05, 0.1) is 5.69 Å². The highest BCUT2D eigenvalue weighted by atomic mass is 79.9. The molecule has 0 radical (unpaired) electrons. The molecule has 0 spiro atoms. The summed E-state index contributed by atoms with van der Waals surface area (Å²) in [7, 11) is 0. The van der Waals surface area contributed by atoms with E-state index < -0.39 is 0 Å². The van der Waals surface area contributed by atoms with Gasteiger partial charge in [0.1, 0.15) is 0 Å². The fourth-order valence-electron chi connectivity index (χ4n) is 2.27. The molecule has 4 heteroatoms. The van der Waals surface area contributed by atoms with Crippen molar-refractivity contribution < 1.29 is 0 Å². The molecule has 2 aromatic carbocycles. The van der Waals surface area contributed by atoms with E-state index in [-0.39, 0.29) is 0 Å². The van der Waals surface area contributed by atoms with Crippen LogP contribution in [0.25, 0.3) is 0 Å². The first kappa shape index (κ1) is 16.4. The highest BCUT2D eigenvalue weighted by molar-refractivity contribution is 9.11. The zero-order chi connectivity index (χ0) is 15.2. The standard InChI is InChI=1S/C17H20Br2N2/c1-3-21(4-2)14-10-8-13(9-11-14)12-20-17-15(18)6-5-7-16(17)19/h5-11,20H,3-4,12H2,1-2H3. The summed E-state index contributed by atoms with van der Waals surface area (Å²) in [5.74, 6) is 0. The number of benzene rings is 2. The summed E-state index contributed by atoms with van der Waals surface area (Å²) < 4.78 is 2.13. The van der Waals surface area contributed by atoms with Crippen LogP contribution in [-0.4, -0.2) is 13.1 Å². The number of nitrogens with zero attached hydrogens (tertiary/aromatic N) is 1. The number of hydrogen-bond acceptors (Lipinski definition) is 2. The fourth-order valence-corrected chi connectivity index (χ4v) is 3.55. The molecular formula is C17H20Br2N2. The van der Waals surface area contributed by atoms with Gasteiger partial charge in [0.25, 0.3) is 0 Å². The Labute approximate surface area is 143 Å². The summed E-state index contributed by atoms with van der Waals surface area (Å²) >= 11 is 7.14. The summed E-state index contributed by atoms with van der Waals surface area (Å²) in [5, 5.41) is 3.47. The lowest BCUT2D eigenvalue weighted by Gasteiger charge is -2.21. The number of nitrogens with one attached hydrogen (secondary N) is 1. The molecule has 0 unspecified atom stereocenters. The average molecular weight is 412 g/mol. The van der Waals surface area contributed by atoms with Gasteiger partial charge < -0.3 is 10.2 Å². The second-order valence-corrected chi connectivity index (χ2v) is 6.50. The number of halogens is 2. The lowest BCUT2D eigenvalue weighted by Crippen LogP contribution is -2.21. The molecule has 0 aliphatic carbocycles. The summed E-state index contributed by atoms with van der Waals surface area (Å²) in [6, 6.07) is 14.8. The first-order valence-electron chi connectivity index (χ1n) is 7.17. The van der Waals surface area contributed by atoms with E-state index in [1.54, 1.807) is 0 Å². The third-order valence-corrected chi connectivity index (χ3v) is 4.82. The van der Waals surface area contributed by atoms with E-state index in [2.05, 4.69) is 80.2 Å². The lowest BCUT2D eigenvalue weighted by molar-refractivity contribution is 0.865. The minimum Gasteiger partial charge on any atom is -0.379 e. The van der Waals surface area contributed by atoms with Crippen LogP contribution in [0.5, 0.6) is 0 Å². The van der Waals surface area contributed by atoms with E-state index in [1.165, 1.54) is 11.3 Å². The van der Waals surface area contributed by atoms with Gasteiger partial charge in [0.15, 0.2) is 0 Å². The summed E-state index contributed by atoms with van der Waals surface area (Å²) in [6.07, 6.45) is 0. The van der Waals surface area contributed by atoms with Crippen LogP contribution in [0, 0.1) is 0 Å². The molecule has 0 aromatic heterocycles. The van der Waals surface area contributed by atoms with Crippen molar-refractivity contribution in [3.8, 4) is 0 Å². The van der Waals surface area contributed by atoms with Crippen molar-refractivity contribution in [2.75, 3.05) is 23.3 Å². The van der Waals surface area contributed by atoms with Crippen LogP contribution in [-0.2, 0) is 6.54 Å². The van der Waals surface area contributed by atoms with Crippen LogP contribution in [0.4, 0.5) is 11.4 Å². The van der Waals surface area contributed by atoms with E-state index >= 15 is 0 Å². The van der Waals surface area contributed by atoms with Gasteiger partial charge in [-0.1, -0.05) is 18.2 Å². The average Bonchev–Trinajstić information content (AvgIpc) is 2.49. The van der Waals surface area contributed by atoms with Crippen LogP contribution in [0.3, 0.4) is 0 Å². The third kappa shape index (κ3) is 4.24. The van der Waals surface area contributed by atoms with Gasteiger partial charge in [0.2, 0.25) is 0 Å². The Morgan fingerprint density at radius 1 is 0.905 bits per heavy atom. The van der Waals surface area contributed by atoms with Crippen molar-refractivity contribution in [2.24, 2.45) is 0 Å². The van der Waals surface area contributed by atoms with E-state index in [0.717, 1.165) is 34.3 Å². The molecule has 0 heterocycles. The normalized spacial score (nSPS) is 10.5. The molecule has 0 fully saturated rings. The van der Waals surface area contributed by atoms with Gasteiger partial charge in [-0.25, -0.2) is 0 Å². The minimum atomic E-state index is 0.805. The molecule has 2 nitrogen and oxygen atoms in total. The van der Waals surface area contributed by atoms with Crippen LogP contribution in [0.15, 0.2) is 51.4 Å². The molecule has 0 saturated heterocycles. The zero-order valence-electron chi connectivity index (χ0n) is 12.4. The minimum absolute atomic E-state index is 0.805. The topological polar surface area (TPSA) is 15.3 Å². The second kappa shape index (κ2) is 7.85. The quantitative estimate of drug-likeness (QED) is 0.658. The van der Waals surface area contributed by atoms with E-state index in [1.807, 2.05) is 18.2 Å². The Morgan fingerprint density at radius 3 is 2.00 bits per heavy atom. The first-order chi connectivity index (χ1) is 10.2. The third-order valence-electron chi connectivity index (χ3n) is 3.50. The Kier molecular flexibility index (Phi) is 6.12. The largest absolute Gasteiger partial charge is 0.379 e. The highest BCUT2D eigenvalue weighted by Gasteiger charge is 2.05. The van der Waals surface area contributed by atoms with Crippen LogP contribution in [0.1, 0.15) is 19.4 Å². The fraction of sp³-hybridized carbons (Fsp3) is 0.294. The molecular weight excluding hydrogens is 392 g/mol. The molecule has 21 heavy (non-hydrogen) atoms. The van der Waals surface area contributed by atoms with Gasteiger partial charge in [-0.15, -0.1) is 0 Å². The SMILES string of the molecule is CCN(CC)c1ccc(CNc2c(Br)cccc2Br)cc1. The van der Waals surface area contributed by atoms with Crippen LogP contribution in [0.2, 0.25) is 0 Å². The molecule has 2 aromatic rings. The molecule has 0 aliphatic rings. The number of anilines is 2. The van der Waals surface area contributed by atoms with Crippen molar-refractivity contribution in [2.45, 2.75) is 20.4 Å². The number of para-hydroxylation sites is 1. The Balaban J connectivity index is 2.04. The monoisotopic (exact) mass is 410 g/mol. The molecule has 2 rings (SSSR count). The summed E-state index contributed by atoms with van der Waals surface area (Å²) in [5.41, 5.74) is 3.64. The zero-order valence-corrected chi connectivity index (χ0v) is 15.5. The van der Waals surface area contributed by atoms with Gasteiger partial charge in [-0.2, -0.15) is 0 Å². The number of hydrogen-bond donors (Lipinski definition) is 1. The number of rotatable bonds is 6. The summed E-state index contributed by atoms with van der Waals surface area (Å²) in [6.45, 7) is 7.25. The van der Waals surface area contributed by atoms with Gasteiger partial charge >= 0.3 is 0 Å². The summed E-state index contributed by atoms with van der Waals surface area (Å²) in [4.78, 5) is 2.35. The van der Waals surface area contributed by atoms with Crippen LogP contribution >= 0.6 is 31.9 Å². The van der Waals surface area contributed by atoms with Crippen molar-refractivity contribution in [3.63, 3.8) is 0 Å². The maximum atomic E-state index is 3.57. The Morgan fingerprint density at radius 2 is 1.48 bits per heavy atom. The molecule has 112 valence electrons. The van der Waals surface area contributed by atoms with E-state index in [4.69, 9.17) is 0 Å². The van der Waals surface area contributed by atoms with Gasteiger partial charge in [-0.05, 0) is 75.5 Å². The van der Waals surface area contributed by atoms with Gasteiger partial charge in [0, 0.05) is 34.3 Å². The predicted octanol–water partition coefficient (Wildman–Crippen LogP) is 5.67. The van der Waals surface area contributed by atoms with Crippen molar-refractivity contribution in [1.82, 2.24) is 0 Å². The van der Waals surface area contributed by atoms with E-state index in [0.29, 0.717) is 0 Å². The van der Waals surface area contributed by atoms with Crippen LogP contribution < -0.4 is 10.2 Å². The lowest BCUT2D eigenvalue weighted by atomic mass is 10.2. The van der Waals surface area contributed by atoms with Gasteiger partial charge in [-0.3, -0.25) is 0 Å². The predicted molar refractivity (Wildman–Crippen MR) is 99.2 cm³/mol. The smallest absolute Gasteiger partial charge is 0.0631 e. The molecule has 0 aliphatic heterocycles. The molecule has 1 N–H and O–H groups in total. The Hall–Kier alpha value is -1.00. The van der Waals surface area contributed by atoms with Crippen molar-refractivity contribution in [3.05, 3.63) is 57.0 Å². The maximum Gasteiger partial charge on any atom is 0.0631 e. The Bertz CT molecular complexity index is 558. The molecule has 0 saturated carbocycles. The highest BCUT2D eigenvalue weighted by Crippen LogP contribution is 2.31. The molecule has 0 amide bonds. The molecule has 0 atom stereocenters. The maximum absolute atomic E-state index is 3.57. The second-order valence-electron chi connectivity index (χ2n) is 4.79. The van der Waals surface area contributed by atoms with Crippen molar-refractivity contribution in [1.29, 1.82) is 0 Å². The first-order valence-corrected chi connectivity index (χ1v) is 8.76. The van der Waals surface area contributed by atoms with E-state index in [9.17, 15) is 0 Å². The van der Waals surface area contributed by atoms with Crippen molar-refractivity contribution >= 4 is 43.2 Å².